The molecule has 1 aromatic carbocycles. The number of nitrogens with one attached hydrogen (secondary N) is 2. The van der Waals surface area contributed by atoms with E-state index in [2.05, 4.69) is 22.4 Å². The topological polar surface area (TPSA) is 88.7 Å². The molecule has 2 heterocycles. The summed E-state index contributed by atoms with van der Waals surface area (Å²) in [7, 11) is 0. The summed E-state index contributed by atoms with van der Waals surface area (Å²) in [6, 6.07) is 7.33. The molecule has 0 saturated heterocycles. The molecule has 0 spiro atoms. The van der Waals surface area contributed by atoms with E-state index in [4.69, 9.17) is 5.73 Å². The lowest BCUT2D eigenvalue weighted by Gasteiger charge is -2.09. The first kappa shape index (κ1) is 13.2. The average Bonchev–Trinajstić information content (AvgIpc) is 3.06. The van der Waals surface area contributed by atoms with E-state index < -0.39 is 0 Å². The van der Waals surface area contributed by atoms with Crippen LogP contribution < -0.4 is 11.1 Å². The minimum atomic E-state index is -0.172. The number of aryl methyl sites for hydroxylation is 1. The number of nitrogens with two attached hydrogens (primary N) is 1. The highest BCUT2D eigenvalue weighted by atomic mass is 16.1. The predicted molar refractivity (Wildman–Crippen MR) is 83.2 cm³/mol. The lowest BCUT2D eigenvalue weighted by atomic mass is 10.2. The van der Waals surface area contributed by atoms with Crippen LogP contribution in [0.5, 0.6) is 0 Å². The van der Waals surface area contributed by atoms with E-state index in [-0.39, 0.29) is 5.91 Å². The summed E-state index contributed by atoms with van der Waals surface area (Å²) in [4.78, 5) is 12.5. The van der Waals surface area contributed by atoms with Crippen molar-refractivity contribution in [3.05, 3.63) is 42.4 Å². The zero-order chi connectivity index (χ0) is 14.8. The summed E-state index contributed by atoms with van der Waals surface area (Å²) in [5, 5.41) is 10.7. The van der Waals surface area contributed by atoms with Crippen LogP contribution in [0.3, 0.4) is 0 Å². The summed E-state index contributed by atoms with van der Waals surface area (Å²) < 4.78 is 1.88. The fourth-order valence-corrected chi connectivity index (χ4v) is 2.41. The van der Waals surface area contributed by atoms with Gasteiger partial charge in [0.05, 0.1) is 23.1 Å². The van der Waals surface area contributed by atoms with Gasteiger partial charge in [-0.2, -0.15) is 5.10 Å². The molecule has 6 nitrogen and oxygen atoms in total. The Morgan fingerprint density at radius 2 is 2.33 bits per heavy atom. The monoisotopic (exact) mass is 283 g/mol. The lowest BCUT2D eigenvalue weighted by molar-refractivity contribution is 0.101. The molecule has 1 amide bonds. The normalized spacial score (nSPS) is 10.9. The zero-order valence-corrected chi connectivity index (χ0v) is 11.8. The van der Waals surface area contributed by atoms with Crippen LogP contribution in [0.2, 0.25) is 0 Å². The number of anilines is 2. The molecule has 0 aliphatic heterocycles. The summed E-state index contributed by atoms with van der Waals surface area (Å²) >= 11 is 0. The van der Waals surface area contributed by atoms with Crippen molar-refractivity contribution in [1.82, 2.24) is 14.8 Å². The first-order valence-electron chi connectivity index (χ1n) is 6.88. The van der Waals surface area contributed by atoms with Crippen molar-refractivity contribution in [3.63, 3.8) is 0 Å². The fourth-order valence-electron chi connectivity index (χ4n) is 2.41. The van der Waals surface area contributed by atoms with Gasteiger partial charge >= 0.3 is 0 Å². The van der Waals surface area contributed by atoms with Gasteiger partial charge in [-0.1, -0.05) is 13.0 Å². The SMILES string of the molecule is CCCn1cc(N)cc1C(=O)Nc1cccc2[nH]ncc12. The van der Waals surface area contributed by atoms with Crippen molar-refractivity contribution in [2.75, 3.05) is 11.1 Å². The van der Waals surface area contributed by atoms with Gasteiger partial charge in [-0.05, 0) is 24.6 Å². The van der Waals surface area contributed by atoms with Crippen LogP contribution >= 0.6 is 0 Å². The van der Waals surface area contributed by atoms with Gasteiger partial charge in [0.15, 0.2) is 0 Å². The molecular weight excluding hydrogens is 266 g/mol. The molecule has 21 heavy (non-hydrogen) atoms. The second-order valence-corrected chi connectivity index (χ2v) is 4.94. The maximum absolute atomic E-state index is 12.5. The third kappa shape index (κ3) is 2.47. The van der Waals surface area contributed by atoms with Gasteiger partial charge in [0.25, 0.3) is 5.91 Å². The first-order valence-corrected chi connectivity index (χ1v) is 6.88. The van der Waals surface area contributed by atoms with Crippen LogP contribution in [-0.4, -0.2) is 20.7 Å². The number of aromatic nitrogens is 3. The summed E-state index contributed by atoms with van der Waals surface area (Å²) in [5.74, 6) is -0.172. The number of hydrogen-bond acceptors (Lipinski definition) is 3. The molecule has 3 aromatic rings. The van der Waals surface area contributed by atoms with Crippen LogP contribution in [0.25, 0.3) is 10.9 Å². The van der Waals surface area contributed by atoms with Crippen molar-refractivity contribution in [2.45, 2.75) is 19.9 Å². The molecule has 0 saturated carbocycles. The van der Waals surface area contributed by atoms with Crippen molar-refractivity contribution in [1.29, 1.82) is 0 Å². The van der Waals surface area contributed by atoms with Crippen LogP contribution in [0, 0.1) is 0 Å². The number of fused-ring (bicyclic) bond motifs is 1. The number of nitrogens with zero attached hydrogens (tertiary/aromatic N) is 2. The number of rotatable bonds is 4. The van der Waals surface area contributed by atoms with Gasteiger partial charge in [0.2, 0.25) is 0 Å². The van der Waals surface area contributed by atoms with Crippen LogP contribution in [0.4, 0.5) is 11.4 Å². The Morgan fingerprint density at radius 1 is 1.48 bits per heavy atom. The molecule has 0 aliphatic carbocycles. The van der Waals surface area contributed by atoms with Gasteiger partial charge in [-0.3, -0.25) is 9.89 Å². The molecule has 0 atom stereocenters. The molecule has 0 bridgehead atoms. The van der Waals surface area contributed by atoms with Crippen molar-refractivity contribution in [3.8, 4) is 0 Å². The molecule has 0 unspecified atom stereocenters. The largest absolute Gasteiger partial charge is 0.397 e. The van der Waals surface area contributed by atoms with E-state index in [1.165, 1.54) is 0 Å². The summed E-state index contributed by atoms with van der Waals surface area (Å²) in [6.45, 7) is 2.82. The average molecular weight is 283 g/mol. The quantitative estimate of drug-likeness (QED) is 0.687. The minimum Gasteiger partial charge on any atom is -0.397 e. The molecule has 0 fully saturated rings. The maximum atomic E-state index is 12.5. The lowest BCUT2D eigenvalue weighted by Crippen LogP contribution is -2.16. The molecule has 6 heteroatoms. The Hall–Kier alpha value is -2.76. The Balaban J connectivity index is 1.91. The van der Waals surface area contributed by atoms with Gasteiger partial charge in [-0.15, -0.1) is 0 Å². The van der Waals surface area contributed by atoms with E-state index in [1.54, 1.807) is 18.5 Å². The van der Waals surface area contributed by atoms with Gasteiger partial charge < -0.3 is 15.6 Å². The zero-order valence-electron chi connectivity index (χ0n) is 11.8. The third-order valence-electron chi connectivity index (χ3n) is 3.35. The number of nitrogen functional groups attached to an aromatic ring is 1. The molecule has 108 valence electrons. The minimum absolute atomic E-state index is 0.172. The molecule has 3 rings (SSSR count). The number of benzene rings is 1. The molecular formula is C15H17N5O. The summed E-state index contributed by atoms with van der Waals surface area (Å²) in [5.41, 5.74) is 8.57. The van der Waals surface area contributed by atoms with Gasteiger partial charge in [0.1, 0.15) is 5.69 Å². The molecule has 4 N–H and O–H groups in total. The van der Waals surface area contributed by atoms with Crippen LogP contribution in [-0.2, 0) is 6.54 Å². The number of carbonyl (C=O) groups is 1. The van der Waals surface area contributed by atoms with E-state index in [9.17, 15) is 4.79 Å². The molecule has 0 radical (unpaired) electrons. The number of aromatic amines is 1. The Labute approximate surface area is 121 Å². The molecule has 2 aromatic heterocycles. The highest BCUT2D eigenvalue weighted by molar-refractivity contribution is 6.08. The van der Waals surface area contributed by atoms with Crippen molar-refractivity contribution < 1.29 is 4.79 Å². The Kier molecular flexibility index (Phi) is 3.35. The predicted octanol–water partition coefficient (Wildman–Crippen LogP) is 2.61. The first-order chi connectivity index (χ1) is 10.2. The Bertz CT molecular complexity index is 786. The summed E-state index contributed by atoms with van der Waals surface area (Å²) in [6.07, 6.45) is 4.42. The van der Waals surface area contributed by atoms with Crippen molar-refractivity contribution in [2.24, 2.45) is 0 Å². The highest BCUT2D eigenvalue weighted by Crippen LogP contribution is 2.22. The Morgan fingerprint density at radius 3 is 3.14 bits per heavy atom. The second kappa shape index (κ2) is 5.32. The van der Waals surface area contributed by atoms with E-state index in [0.29, 0.717) is 11.4 Å². The van der Waals surface area contributed by atoms with E-state index in [0.717, 1.165) is 29.6 Å². The van der Waals surface area contributed by atoms with Crippen molar-refractivity contribution >= 4 is 28.2 Å². The number of carbonyl (C=O) groups excluding carboxylic acids is 1. The van der Waals surface area contributed by atoms with Crippen LogP contribution in [0.1, 0.15) is 23.8 Å². The molecule has 0 aliphatic rings. The standard InChI is InChI=1S/C15H17N5O/c1-2-6-20-9-10(16)7-14(20)15(21)18-12-4-3-5-13-11(12)8-17-19-13/h3-5,7-9H,2,6,16H2,1H3,(H,17,19)(H,18,21). The smallest absolute Gasteiger partial charge is 0.272 e. The number of hydrogen-bond donors (Lipinski definition) is 3. The highest BCUT2D eigenvalue weighted by Gasteiger charge is 2.14. The maximum Gasteiger partial charge on any atom is 0.272 e. The van der Waals surface area contributed by atoms with E-state index >= 15 is 0 Å². The van der Waals surface area contributed by atoms with Gasteiger partial charge in [-0.25, -0.2) is 0 Å². The fraction of sp³-hybridized carbons (Fsp3) is 0.200. The van der Waals surface area contributed by atoms with Gasteiger partial charge in [0, 0.05) is 18.1 Å². The number of amides is 1. The third-order valence-corrected chi connectivity index (χ3v) is 3.35. The number of H-pyrrole nitrogens is 1. The van der Waals surface area contributed by atoms with E-state index in [1.807, 2.05) is 22.8 Å². The second-order valence-electron chi connectivity index (χ2n) is 4.94. The van der Waals surface area contributed by atoms with Crippen LogP contribution in [0.15, 0.2) is 36.7 Å².